The molecule has 1 saturated carbocycles. The topological polar surface area (TPSA) is 99.6 Å². The van der Waals surface area contributed by atoms with E-state index in [9.17, 15) is 18.4 Å². The van der Waals surface area contributed by atoms with Gasteiger partial charge in [0.15, 0.2) is 11.3 Å². The van der Waals surface area contributed by atoms with Gasteiger partial charge in [-0.3, -0.25) is 4.98 Å². The zero-order valence-corrected chi connectivity index (χ0v) is 20.2. The number of ether oxygens (including phenoxy) is 1. The first kappa shape index (κ1) is 24.9. The summed E-state index contributed by atoms with van der Waals surface area (Å²) in [5.74, 6) is 0.835. The summed E-state index contributed by atoms with van der Waals surface area (Å²) in [7, 11) is 0. The number of anilines is 1. The van der Waals surface area contributed by atoms with Gasteiger partial charge in [0.1, 0.15) is 17.5 Å². The third-order valence-corrected chi connectivity index (χ3v) is 6.52. The van der Waals surface area contributed by atoms with Gasteiger partial charge >= 0.3 is 6.18 Å². The third-order valence-electron chi connectivity index (χ3n) is 6.52. The molecule has 0 aromatic carbocycles. The SMILES string of the molecule is C=C/C=c1/cc(C2CC2)nc/c1=C\c1c(C)nc2c(C#N)c(C(F)(F)F)nn2c1N1CC(OCCO)C1. The van der Waals surface area contributed by atoms with Crippen LogP contribution in [-0.4, -0.2) is 57.1 Å². The van der Waals surface area contributed by atoms with Gasteiger partial charge in [-0.1, -0.05) is 18.7 Å². The molecule has 0 amide bonds. The quantitative estimate of drug-likeness (QED) is 0.520. The number of aryl methyl sites for hydroxylation is 1. The molecule has 0 radical (unpaired) electrons. The third kappa shape index (κ3) is 4.70. The Morgan fingerprint density at radius 1 is 1.30 bits per heavy atom. The van der Waals surface area contributed by atoms with Crippen molar-refractivity contribution in [2.45, 2.75) is 38.0 Å². The molecule has 192 valence electrons. The number of aromatic nitrogens is 4. The van der Waals surface area contributed by atoms with Gasteiger partial charge in [-0.15, -0.1) is 0 Å². The molecule has 0 unspecified atom stereocenters. The van der Waals surface area contributed by atoms with Crippen molar-refractivity contribution in [3.05, 3.63) is 63.6 Å². The van der Waals surface area contributed by atoms with Crippen LogP contribution in [0, 0.1) is 18.3 Å². The number of alkyl halides is 3. The van der Waals surface area contributed by atoms with E-state index in [1.165, 1.54) is 0 Å². The first-order chi connectivity index (χ1) is 17.7. The Labute approximate surface area is 210 Å². The van der Waals surface area contributed by atoms with Gasteiger partial charge in [0, 0.05) is 41.7 Å². The average molecular weight is 511 g/mol. The lowest BCUT2D eigenvalue weighted by molar-refractivity contribution is -0.141. The van der Waals surface area contributed by atoms with Crippen molar-refractivity contribution in [2.24, 2.45) is 0 Å². The van der Waals surface area contributed by atoms with Crippen molar-refractivity contribution in [1.29, 1.82) is 5.26 Å². The first-order valence-electron chi connectivity index (χ1n) is 11.9. The number of hydrogen-bond donors (Lipinski definition) is 1. The number of aliphatic hydroxyl groups excluding tert-OH is 1. The summed E-state index contributed by atoms with van der Waals surface area (Å²) in [6, 6.07) is 3.65. The van der Waals surface area contributed by atoms with Crippen molar-refractivity contribution >= 4 is 23.6 Å². The summed E-state index contributed by atoms with van der Waals surface area (Å²) >= 11 is 0. The molecule has 1 aliphatic carbocycles. The lowest BCUT2D eigenvalue weighted by Gasteiger charge is -2.41. The van der Waals surface area contributed by atoms with Crippen LogP contribution in [0.15, 0.2) is 24.9 Å². The normalized spacial score (nSPS) is 17.4. The Morgan fingerprint density at radius 3 is 2.68 bits per heavy atom. The largest absolute Gasteiger partial charge is 0.436 e. The van der Waals surface area contributed by atoms with Gasteiger partial charge in [-0.2, -0.15) is 28.0 Å². The molecule has 8 nitrogen and oxygen atoms in total. The molecule has 1 aliphatic heterocycles. The maximum atomic E-state index is 13.8. The van der Waals surface area contributed by atoms with E-state index in [0.29, 0.717) is 36.1 Å². The Balaban J connectivity index is 1.73. The van der Waals surface area contributed by atoms with Gasteiger partial charge in [-0.05, 0) is 37.1 Å². The Bertz CT molecular complexity index is 1530. The van der Waals surface area contributed by atoms with E-state index < -0.39 is 17.4 Å². The summed E-state index contributed by atoms with van der Waals surface area (Å²) in [6.07, 6.45) is 4.33. The lowest BCUT2D eigenvalue weighted by Crippen LogP contribution is -2.53. The Kier molecular flexibility index (Phi) is 6.47. The lowest BCUT2D eigenvalue weighted by atomic mass is 10.1. The smallest absolute Gasteiger partial charge is 0.394 e. The van der Waals surface area contributed by atoms with Gasteiger partial charge < -0.3 is 14.7 Å². The van der Waals surface area contributed by atoms with Crippen LogP contribution in [0.4, 0.5) is 19.0 Å². The molecule has 1 N–H and O–H groups in total. The van der Waals surface area contributed by atoms with Crippen LogP contribution in [0.25, 0.3) is 17.8 Å². The maximum Gasteiger partial charge on any atom is 0.436 e. The molecular weight excluding hydrogens is 485 g/mol. The van der Waals surface area contributed by atoms with Crippen LogP contribution in [0.3, 0.4) is 0 Å². The molecule has 4 heterocycles. The number of halogens is 3. The second-order valence-corrected chi connectivity index (χ2v) is 9.18. The van der Waals surface area contributed by atoms with Crippen LogP contribution in [0.1, 0.15) is 47.0 Å². The molecule has 3 aromatic heterocycles. The zero-order chi connectivity index (χ0) is 26.3. The number of nitrogens with zero attached hydrogens (tertiary/aromatic N) is 6. The summed E-state index contributed by atoms with van der Waals surface area (Å²) in [5, 5.41) is 24.1. The highest BCUT2D eigenvalue weighted by atomic mass is 19.4. The molecule has 3 aromatic rings. The molecule has 11 heteroatoms. The standard InChI is InChI=1S/C26H25F3N6O2/c1-3-4-17-10-22(16-5-6-16)31-12-18(17)9-20-15(2)32-24-21(11-30)23(26(27,28)29)33-35(24)25(20)34-13-19(14-34)37-8-7-36/h3-4,9-10,12,16,19,36H,1,5-8,13-14H2,2H3/b17-4-,18-9+. The molecule has 0 spiro atoms. The van der Waals surface area contributed by atoms with Crippen LogP contribution < -0.4 is 15.3 Å². The van der Waals surface area contributed by atoms with Crippen molar-refractivity contribution < 1.29 is 23.0 Å². The fraction of sp³-hybridized carbons (Fsp3) is 0.385. The predicted molar refractivity (Wildman–Crippen MR) is 130 cm³/mol. The van der Waals surface area contributed by atoms with E-state index >= 15 is 0 Å². The van der Waals surface area contributed by atoms with Crippen LogP contribution in [-0.2, 0) is 10.9 Å². The monoisotopic (exact) mass is 510 g/mol. The van der Waals surface area contributed by atoms with E-state index in [0.717, 1.165) is 33.5 Å². The molecule has 37 heavy (non-hydrogen) atoms. The maximum absolute atomic E-state index is 13.8. The molecule has 2 fully saturated rings. The van der Waals surface area contributed by atoms with Crippen LogP contribution >= 0.6 is 0 Å². The summed E-state index contributed by atoms with van der Waals surface area (Å²) in [5.41, 5.74) is -0.0305. The summed E-state index contributed by atoms with van der Waals surface area (Å²) < 4.78 is 47.9. The number of fused-ring (bicyclic) bond motifs is 1. The molecule has 2 aliphatic rings. The van der Waals surface area contributed by atoms with E-state index in [2.05, 4.69) is 21.6 Å². The molecule has 0 atom stereocenters. The predicted octanol–water partition coefficient (Wildman–Crippen LogP) is 2.19. The van der Waals surface area contributed by atoms with Crippen molar-refractivity contribution in [2.75, 3.05) is 31.2 Å². The highest BCUT2D eigenvalue weighted by molar-refractivity contribution is 5.73. The minimum absolute atomic E-state index is 0.125. The molecular formula is C26H25F3N6O2. The summed E-state index contributed by atoms with van der Waals surface area (Å²) in [6.45, 7) is 6.31. The minimum Gasteiger partial charge on any atom is -0.394 e. The van der Waals surface area contributed by atoms with Crippen molar-refractivity contribution in [1.82, 2.24) is 19.6 Å². The van der Waals surface area contributed by atoms with E-state index in [1.807, 2.05) is 23.1 Å². The second kappa shape index (κ2) is 9.61. The number of aliphatic hydroxyl groups is 1. The fourth-order valence-corrected chi connectivity index (χ4v) is 4.51. The van der Waals surface area contributed by atoms with Crippen molar-refractivity contribution in [3.63, 3.8) is 0 Å². The average Bonchev–Trinajstić information content (AvgIpc) is 3.61. The van der Waals surface area contributed by atoms with Crippen LogP contribution in [0.5, 0.6) is 0 Å². The van der Waals surface area contributed by atoms with Gasteiger partial charge in [0.2, 0.25) is 0 Å². The van der Waals surface area contributed by atoms with E-state index in [-0.39, 0.29) is 25.0 Å². The van der Waals surface area contributed by atoms with Crippen molar-refractivity contribution in [3.8, 4) is 6.07 Å². The van der Waals surface area contributed by atoms with Gasteiger partial charge in [-0.25, -0.2) is 4.98 Å². The van der Waals surface area contributed by atoms with Gasteiger partial charge in [0.05, 0.1) is 25.0 Å². The first-order valence-corrected chi connectivity index (χ1v) is 11.9. The molecule has 1 saturated heterocycles. The summed E-state index contributed by atoms with van der Waals surface area (Å²) in [4.78, 5) is 10.8. The molecule has 0 bridgehead atoms. The fourth-order valence-electron chi connectivity index (χ4n) is 4.51. The highest BCUT2D eigenvalue weighted by Gasteiger charge is 2.40. The molecule has 5 rings (SSSR count). The highest BCUT2D eigenvalue weighted by Crippen LogP contribution is 2.38. The number of allylic oxidation sites excluding steroid dienone is 1. The minimum atomic E-state index is -4.82. The number of hydrogen-bond acceptors (Lipinski definition) is 7. The Morgan fingerprint density at radius 2 is 2.05 bits per heavy atom. The van der Waals surface area contributed by atoms with Crippen LogP contribution in [0.2, 0.25) is 0 Å². The number of pyridine rings is 1. The van der Waals surface area contributed by atoms with Gasteiger partial charge in [0.25, 0.3) is 0 Å². The van der Waals surface area contributed by atoms with E-state index in [4.69, 9.17) is 9.84 Å². The van der Waals surface area contributed by atoms with E-state index in [1.54, 1.807) is 25.3 Å². The zero-order valence-electron chi connectivity index (χ0n) is 20.2. The number of nitriles is 1. The number of rotatable bonds is 7. The second-order valence-electron chi connectivity index (χ2n) is 9.18. The Hall–Kier alpha value is -3.75.